The zero-order valence-electron chi connectivity index (χ0n) is 19.3. The third-order valence-electron chi connectivity index (χ3n) is 8.19. The van der Waals surface area contributed by atoms with E-state index in [4.69, 9.17) is 0 Å². The first-order valence-corrected chi connectivity index (χ1v) is 12.4. The van der Waals surface area contributed by atoms with Gasteiger partial charge in [-0.2, -0.15) is 0 Å². The lowest BCUT2D eigenvalue weighted by molar-refractivity contribution is -0.126. The summed E-state index contributed by atoms with van der Waals surface area (Å²) in [6.45, 7) is 2.08. The Bertz CT molecular complexity index is 1470. The molecule has 1 heterocycles. The molecule has 34 heavy (non-hydrogen) atoms. The zero-order valence-corrected chi connectivity index (χ0v) is 19.3. The fourth-order valence-electron chi connectivity index (χ4n) is 6.33. The highest BCUT2D eigenvalue weighted by atomic mass is 16.1. The molecule has 1 aliphatic heterocycles. The average Bonchev–Trinajstić information content (AvgIpc) is 3.42. The maximum atomic E-state index is 13.1. The van der Waals surface area contributed by atoms with Gasteiger partial charge in [-0.3, -0.25) is 4.79 Å². The van der Waals surface area contributed by atoms with Crippen LogP contribution in [-0.4, -0.2) is 5.78 Å². The van der Waals surface area contributed by atoms with Crippen LogP contribution < -0.4 is 5.32 Å². The molecule has 3 aliphatic rings. The van der Waals surface area contributed by atoms with Crippen molar-refractivity contribution in [3.63, 3.8) is 0 Å². The molecule has 1 saturated heterocycles. The molecule has 4 aromatic rings. The predicted molar refractivity (Wildman–Crippen MR) is 137 cm³/mol. The quantitative estimate of drug-likeness (QED) is 0.320. The number of piperidine rings is 1. The van der Waals surface area contributed by atoms with Gasteiger partial charge >= 0.3 is 0 Å². The van der Waals surface area contributed by atoms with Gasteiger partial charge in [-0.15, -0.1) is 0 Å². The van der Waals surface area contributed by atoms with Crippen molar-refractivity contribution in [1.82, 2.24) is 5.32 Å². The van der Waals surface area contributed by atoms with E-state index in [1.165, 1.54) is 55.6 Å². The first-order valence-electron chi connectivity index (χ1n) is 12.4. The highest BCUT2D eigenvalue weighted by molar-refractivity contribution is 5.84. The topological polar surface area (TPSA) is 29.1 Å². The number of rotatable bonds is 2. The van der Waals surface area contributed by atoms with E-state index < -0.39 is 0 Å². The van der Waals surface area contributed by atoms with Crippen molar-refractivity contribution in [2.75, 3.05) is 0 Å². The number of hydrogen-bond donors (Lipinski definition) is 1. The van der Waals surface area contributed by atoms with Gasteiger partial charge in [0.25, 0.3) is 0 Å². The van der Waals surface area contributed by atoms with Gasteiger partial charge in [-0.05, 0) is 68.5 Å². The lowest BCUT2D eigenvalue weighted by atomic mass is 9.81. The maximum absolute atomic E-state index is 13.1. The van der Waals surface area contributed by atoms with Crippen molar-refractivity contribution in [1.29, 1.82) is 0 Å². The van der Waals surface area contributed by atoms with Crippen molar-refractivity contribution in [3.05, 3.63) is 118 Å². The fraction of sp³-hybridized carbons (Fsp3) is 0.219. The van der Waals surface area contributed by atoms with Gasteiger partial charge in [0.2, 0.25) is 0 Å². The van der Waals surface area contributed by atoms with E-state index in [-0.39, 0.29) is 18.0 Å². The van der Waals surface area contributed by atoms with Crippen LogP contribution in [0.25, 0.3) is 22.3 Å². The summed E-state index contributed by atoms with van der Waals surface area (Å²) in [5.41, 5.74) is 13.4. The van der Waals surface area contributed by atoms with E-state index in [0.29, 0.717) is 12.2 Å². The molecule has 1 N–H and O–H groups in total. The third-order valence-corrected chi connectivity index (χ3v) is 8.19. The molecular formula is C32H27NO. The lowest BCUT2D eigenvalue weighted by Crippen LogP contribution is -2.41. The number of ketones is 1. The van der Waals surface area contributed by atoms with Crippen LogP contribution in [0.5, 0.6) is 0 Å². The van der Waals surface area contributed by atoms with E-state index in [1.54, 1.807) is 0 Å². The van der Waals surface area contributed by atoms with Crippen molar-refractivity contribution >= 4 is 5.78 Å². The molecule has 0 bridgehead atoms. The predicted octanol–water partition coefficient (Wildman–Crippen LogP) is 6.81. The number of carbonyl (C=O) groups is 1. The van der Waals surface area contributed by atoms with E-state index in [9.17, 15) is 4.79 Å². The zero-order chi connectivity index (χ0) is 22.8. The average molecular weight is 442 g/mol. The second-order valence-corrected chi connectivity index (χ2v) is 10.2. The minimum atomic E-state index is -0.0308. The van der Waals surface area contributed by atoms with Crippen LogP contribution in [0.15, 0.2) is 84.9 Å². The van der Waals surface area contributed by atoms with E-state index in [1.807, 2.05) is 0 Å². The Hall–Kier alpha value is -3.49. The number of Topliss-reactive ketones (excluding diaryl/α,β-unsaturated/α-hetero) is 1. The molecule has 0 saturated carbocycles. The summed E-state index contributed by atoms with van der Waals surface area (Å²) in [5.74, 6) is 0.318. The summed E-state index contributed by atoms with van der Waals surface area (Å²) in [5, 5.41) is 3.87. The van der Waals surface area contributed by atoms with Gasteiger partial charge in [0.05, 0.1) is 0 Å². The monoisotopic (exact) mass is 441 g/mol. The standard InChI is InChI=1S/C32H27NO/c1-19-31(34)18-30(22-10-12-28-24(16-22)14-20-6-2-4-8-26(20)28)33-32(19)23-11-13-29-25(17-23)15-21-7-3-5-9-27(21)29/h2-13,16-17,19,30,32-33H,14-15,18H2,1H3. The van der Waals surface area contributed by atoms with E-state index in [2.05, 4.69) is 97.2 Å². The minimum absolute atomic E-state index is 0.0308. The Morgan fingerprint density at radius 3 is 1.82 bits per heavy atom. The summed E-state index contributed by atoms with van der Waals surface area (Å²) < 4.78 is 0. The lowest BCUT2D eigenvalue weighted by Gasteiger charge is -2.36. The third kappa shape index (κ3) is 3.02. The molecule has 3 atom stereocenters. The molecule has 2 aliphatic carbocycles. The summed E-state index contributed by atoms with van der Waals surface area (Å²) >= 11 is 0. The van der Waals surface area contributed by atoms with Gasteiger partial charge in [-0.1, -0.05) is 91.9 Å². The molecule has 166 valence electrons. The fourth-order valence-corrected chi connectivity index (χ4v) is 6.33. The Morgan fingerprint density at radius 1 is 0.647 bits per heavy atom. The highest BCUT2D eigenvalue weighted by Crippen LogP contribution is 2.42. The number of benzene rings is 4. The Labute approximate surface area is 200 Å². The van der Waals surface area contributed by atoms with E-state index in [0.717, 1.165) is 12.8 Å². The molecular weight excluding hydrogens is 414 g/mol. The van der Waals surface area contributed by atoms with Gasteiger partial charge in [0.15, 0.2) is 0 Å². The minimum Gasteiger partial charge on any atom is -0.302 e. The number of carbonyl (C=O) groups excluding carboxylic acids is 1. The van der Waals surface area contributed by atoms with Crippen LogP contribution in [0, 0.1) is 5.92 Å². The second-order valence-electron chi connectivity index (χ2n) is 10.2. The molecule has 0 amide bonds. The van der Waals surface area contributed by atoms with Gasteiger partial charge in [0, 0.05) is 24.4 Å². The van der Waals surface area contributed by atoms with Crippen molar-refractivity contribution < 1.29 is 4.79 Å². The molecule has 4 aromatic carbocycles. The maximum Gasteiger partial charge on any atom is 0.139 e. The summed E-state index contributed by atoms with van der Waals surface area (Å²) in [7, 11) is 0. The number of fused-ring (bicyclic) bond motifs is 6. The number of nitrogens with one attached hydrogen (secondary N) is 1. The highest BCUT2D eigenvalue weighted by Gasteiger charge is 2.36. The van der Waals surface area contributed by atoms with Crippen LogP contribution >= 0.6 is 0 Å². The molecule has 0 radical (unpaired) electrons. The molecule has 2 heteroatoms. The summed E-state index contributed by atoms with van der Waals surface area (Å²) in [6.07, 6.45) is 2.51. The van der Waals surface area contributed by atoms with Gasteiger partial charge in [0.1, 0.15) is 5.78 Å². The largest absolute Gasteiger partial charge is 0.302 e. The first kappa shape index (κ1) is 19.9. The smallest absolute Gasteiger partial charge is 0.139 e. The Kier molecular flexibility index (Phi) is 4.40. The van der Waals surface area contributed by atoms with Crippen LogP contribution in [0.3, 0.4) is 0 Å². The van der Waals surface area contributed by atoms with Gasteiger partial charge in [-0.25, -0.2) is 0 Å². The van der Waals surface area contributed by atoms with Crippen molar-refractivity contribution in [2.45, 2.75) is 38.3 Å². The molecule has 7 rings (SSSR count). The SMILES string of the molecule is CC1C(=O)CC(c2ccc3c(c2)Cc2ccccc2-3)NC1c1ccc2c(c1)Cc1ccccc1-2. The van der Waals surface area contributed by atoms with Crippen LogP contribution in [0.4, 0.5) is 0 Å². The van der Waals surface area contributed by atoms with E-state index >= 15 is 0 Å². The first-order chi connectivity index (χ1) is 16.7. The molecule has 2 nitrogen and oxygen atoms in total. The molecule has 0 spiro atoms. The molecule has 0 aromatic heterocycles. The summed E-state index contributed by atoms with van der Waals surface area (Å²) in [6, 6.07) is 31.0. The van der Waals surface area contributed by atoms with Crippen LogP contribution in [0.2, 0.25) is 0 Å². The molecule has 3 unspecified atom stereocenters. The Morgan fingerprint density at radius 2 is 1.18 bits per heavy atom. The normalized spacial score (nSPS) is 22.1. The second kappa shape index (κ2) is 7.51. The van der Waals surface area contributed by atoms with Gasteiger partial charge < -0.3 is 5.32 Å². The van der Waals surface area contributed by atoms with Crippen LogP contribution in [0.1, 0.15) is 58.8 Å². The Balaban J connectivity index is 1.20. The van der Waals surface area contributed by atoms with Crippen LogP contribution in [-0.2, 0) is 17.6 Å². The number of hydrogen-bond acceptors (Lipinski definition) is 2. The van der Waals surface area contributed by atoms with Crippen molar-refractivity contribution in [2.24, 2.45) is 5.92 Å². The molecule has 1 fully saturated rings. The van der Waals surface area contributed by atoms with Crippen molar-refractivity contribution in [3.8, 4) is 22.3 Å². The summed E-state index contributed by atoms with van der Waals surface area (Å²) in [4.78, 5) is 13.1.